The molecule has 110 valence electrons. The Labute approximate surface area is 139 Å². The summed E-state index contributed by atoms with van der Waals surface area (Å²) in [6.07, 6.45) is 0. The normalized spacial score (nSPS) is 10.2. The van der Waals surface area contributed by atoms with Gasteiger partial charge >= 0.3 is 5.97 Å². The number of nitrogens with one attached hydrogen (secondary N) is 1. The van der Waals surface area contributed by atoms with Gasteiger partial charge in [-0.3, -0.25) is 4.79 Å². The van der Waals surface area contributed by atoms with Crippen molar-refractivity contribution >= 4 is 55.7 Å². The summed E-state index contributed by atoms with van der Waals surface area (Å²) >= 11 is 10.6. The molecule has 0 aliphatic rings. The molecule has 0 fully saturated rings. The molecule has 0 unspecified atom stereocenters. The fourth-order valence-corrected chi connectivity index (χ4v) is 2.97. The number of carbonyl (C=O) groups excluding carboxylic acids is 2. The number of carbonyl (C=O) groups is 2. The van der Waals surface area contributed by atoms with Crippen LogP contribution in [0, 0.1) is 0 Å². The molecule has 2 aromatic rings. The van der Waals surface area contributed by atoms with Gasteiger partial charge < -0.3 is 10.1 Å². The van der Waals surface area contributed by atoms with Crippen molar-refractivity contribution < 1.29 is 14.3 Å². The van der Waals surface area contributed by atoms with Crippen molar-refractivity contribution in [1.82, 2.24) is 0 Å². The predicted molar refractivity (Wildman–Crippen MR) is 87.4 cm³/mol. The standard InChI is InChI=1S/C14H11BrClNO3S/c1-2-20-14(19)9-6-7-21-13(9)17-12(18)8-4-3-5-10(15)11(8)16/h3-7H,2H2,1H3,(H,17,18). The van der Waals surface area contributed by atoms with Crippen LogP contribution in [0.3, 0.4) is 0 Å². The number of hydrogen-bond donors (Lipinski definition) is 1. The van der Waals surface area contributed by atoms with Crippen LogP contribution in [0.1, 0.15) is 27.6 Å². The van der Waals surface area contributed by atoms with Gasteiger partial charge in [-0.05, 0) is 46.4 Å². The smallest absolute Gasteiger partial charge is 0.341 e. The average Bonchev–Trinajstić information content (AvgIpc) is 2.90. The molecule has 0 spiro atoms. The number of anilines is 1. The van der Waals surface area contributed by atoms with Crippen LogP contribution in [-0.2, 0) is 4.74 Å². The first-order chi connectivity index (χ1) is 10.0. The van der Waals surface area contributed by atoms with E-state index >= 15 is 0 Å². The molecular formula is C14H11BrClNO3S. The maximum absolute atomic E-state index is 12.3. The Balaban J connectivity index is 2.23. The zero-order valence-electron chi connectivity index (χ0n) is 11.0. The van der Waals surface area contributed by atoms with Crippen molar-refractivity contribution in [3.8, 4) is 0 Å². The molecule has 21 heavy (non-hydrogen) atoms. The Hall–Kier alpha value is -1.37. The Kier molecular flexibility index (Phi) is 5.39. The Morgan fingerprint density at radius 1 is 1.33 bits per heavy atom. The number of amides is 1. The van der Waals surface area contributed by atoms with E-state index in [0.29, 0.717) is 25.6 Å². The largest absolute Gasteiger partial charge is 0.462 e. The Morgan fingerprint density at radius 3 is 2.81 bits per heavy atom. The molecule has 0 radical (unpaired) electrons. The molecule has 1 heterocycles. The molecule has 0 saturated heterocycles. The van der Waals surface area contributed by atoms with Crippen molar-refractivity contribution in [1.29, 1.82) is 0 Å². The Bertz CT molecular complexity index is 687. The van der Waals surface area contributed by atoms with Crippen molar-refractivity contribution in [2.45, 2.75) is 6.92 Å². The fourth-order valence-electron chi connectivity index (χ4n) is 1.63. The predicted octanol–water partition coefficient (Wildman–Crippen LogP) is 4.59. The van der Waals surface area contributed by atoms with E-state index in [9.17, 15) is 9.59 Å². The molecule has 7 heteroatoms. The monoisotopic (exact) mass is 387 g/mol. The van der Waals surface area contributed by atoms with Crippen LogP contribution in [0.15, 0.2) is 34.1 Å². The number of benzene rings is 1. The molecular weight excluding hydrogens is 378 g/mol. The summed E-state index contributed by atoms with van der Waals surface area (Å²) in [5.41, 5.74) is 0.663. The lowest BCUT2D eigenvalue weighted by Crippen LogP contribution is -2.14. The zero-order valence-corrected chi connectivity index (χ0v) is 14.1. The third-order valence-corrected chi connectivity index (χ3v) is 4.71. The van der Waals surface area contributed by atoms with Crippen LogP contribution in [0.4, 0.5) is 5.00 Å². The second-order valence-corrected chi connectivity index (χ2v) is 6.09. The van der Waals surface area contributed by atoms with Gasteiger partial charge in [0.25, 0.3) is 5.91 Å². The summed E-state index contributed by atoms with van der Waals surface area (Å²) in [5, 5.41) is 5.16. The molecule has 0 bridgehead atoms. The summed E-state index contributed by atoms with van der Waals surface area (Å²) in [7, 11) is 0. The van der Waals surface area contributed by atoms with Gasteiger partial charge in [-0.15, -0.1) is 11.3 Å². The molecule has 0 saturated carbocycles. The fraction of sp³-hybridized carbons (Fsp3) is 0.143. The number of thiophene rings is 1. The van der Waals surface area contributed by atoms with Crippen molar-refractivity contribution in [2.24, 2.45) is 0 Å². The van der Waals surface area contributed by atoms with Gasteiger partial charge in [0.15, 0.2) is 0 Å². The highest BCUT2D eigenvalue weighted by Crippen LogP contribution is 2.29. The summed E-state index contributed by atoms with van der Waals surface area (Å²) < 4.78 is 5.57. The molecule has 4 nitrogen and oxygen atoms in total. The molecule has 1 aromatic carbocycles. The summed E-state index contributed by atoms with van der Waals surface area (Å²) in [6, 6.07) is 6.68. The van der Waals surface area contributed by atoms with Gasteiger partial charge in [0.2, 0.25) is 0 Å². The first-order valence-electron chi connectivity index (χ1n) is 6.04. The zero-order chi connectivity index (χ0) is 15.4. The highest BCUT2D eigenvalue weighted by atomic mass is 79.9. The van der Waals surface area contributed by atoms with Gasteiger partial charge in [-0.2, -0.15) is 0 Å². The van der Waals surface area contributed by atoms with E-state index in [2.05, 4.69) is 21.2 Å². The van der Waals surface area contributed by atoms with Crippen LogP contribution in [0.5, 0.6) is 0 Å². The maximum atomic E-state index is 12.3. The molecule has 1 amide bonds. The third-order valence-electron chi connectivity index (χ3n) is 2.58. The van der Waals surface area contributed by atoms with E-state index in [4.69, 9.17) is 16.3 Å². The number of halogens is 2. The van der Waals surface area contributed by atoms with Crippen LogP contribution in [0.2, 0.25) is 5.02 Å². The Morgan fingerprint density at radius 2 is 2.10 bits per heavy atom. The summed E-state index contributed by atoms with van der Waals surface area (Å²) in [5.74, 6) is -0.844. The molecule has 0 atom stereocenters. The van der Waals surface area contributed by atoms with Crippen LogP contribution >= 0.6 is 38.9 Å². The minimum absolute atomic E-state index is 0.277. The van der Waals surface area contributed by atoms with E-state index in [-0.39, 0.29) is 12.5 Å². The quantitative estimate of drug-likeness (QED) is 0.779. The van der Waals surface area contributed by atoms with Crippen LogP contribution in [0.25, 0.3) is 0 Å². The summed E-state index contributed by atoms with van der Waals surface area (Å²) in [4.78, 5) is 24.0. The lowest BCUT2D eigenvalue weighted by atomic mass is 10.2. The van der Waals surface area contributed by atoms with Gasteiger partial charge in [0, 0.05) is 4.47 Å². The van der Waals surface area contributed by atoms with Crippen molar-refractivity contribution in [2.75, 3.05) is 11.9 Å². The maximum Gasteiger partial charge on any atom is 0.341 e. The average molecular weight is 389 g/mol. The first-order valence-corrected chi connectivity index (χ1v) is 8.09. The lowest BCUT2D eigenvalue weighted by Gasteiger charge is -2.08. The SMILES string of the molecule is CCOC(=O)c1ccsc1NC(=O)c1cccc(Br)c1Cl. The van der Waals surface area contributed by atoms with E-state index in [0.717, 1.165) is 0 Å². The topological polar surface area (TPSA) is 55.4 Å². The van der Waals surface area contributed by atoms with Crippen LogP contribution < -0.4 is 5.32 Å². The van der Waals surface area contributed by atoms with E-state index < -0.39 is 5.97 Å². The van der Waals surface area contributed by atoms with Crippen molar-refractivity contribution in [3.05, 3.63) is 50.3 Å². The van der Waals surface area contributed by atoms with Gasteiger partial charge in [-0.1, -0.05) is 17.7 Å². The van der Waals surface area contributed by atoms with Gasteiger partial charge in [0.1, 0.15) is 5.00 Å². The van der Waals surface area contributed by atoms with Gasteiger partial charge in [-0.25, -0.2) is 4.79 Å². The number of rotatable bonds is 4. The third kappa shape index (κ3) is 3.64. The number of hydrogen-bond acceptors (Lipinski definition) is 4. The minimum atomic E-state index is -0.464. The lowest BCUT2D eigenvalue weighted by molar-refractivity contribution is 0.0528. The highest BCUT2D eigenvalue weighted by Gasteiger charge is 2.18. The number of esters is 1. The second kappa shape index (κ2) is 7.06. The molecule has 0 aliphatic carbocycles. The number of ether oxygens (including phenoxy) is 1. The van der Waals surface area contributed by atoms with E-state index in [1.165, 1.54) is 11.3 Å². The second-order valence-electron chi connectivity index (χ2n) is 3.94. The van der Waals surface area contributed by atoms with Gasteiger partial charge in [0.05, 0.1) is 22.8 Å². The molecule has 0 aliphatic heterocycles. The summed E-state index contributed by atoms with van der Waals surface area (Å²) in [6.45, 7) is 2.00. The molecule has 2 rings (SSSR count). The minimum Gasteiger partial charge on any atom is -0.462 e. The first kappa shape index (κ1) is 16.0. The van der Waals surface area contributed by atoms with E-state index in [1.54, 1.807) is 36.6 Å². The molecule has 1 N–H and O–H groups in total. The van der Waals surface area contributed by atoms with Crippen LogP contribution in [-0.4, -0.2) is 18.5 Å². The molecule has 1 aromatic heterocycles. The highest BCUT2D eigenvalue weighted by molar-refractivity contribution is 9.10. The van der Waals surface area contributed by atoms with Crippen molar-refractivity contribution in [3.63, 3.8) is 0 Å². The van der Waals surface area contributed by atoms with E-state index in [1.807, 2.05) is 0 Å².